The lowest BCUT2D eigenvalue weighted by Gasteiger charge is -2.15. The normalized spacial score (nSPS) is 12.2. The molecule has 0 amide bonds. The van der Waals surface area contributed by atoms with Crippen molar-refractivity contribution in [2.24, 2.45) is 0 Å². The van der Waals surface area contributed by atoms with Crippen molar-refractivity contribution in [1.82, 2.24) is 4.98 Å². The lowest BCUT2D eigenvalue weighted by Crippen LogP contribution is -2.24. The first-order chi connectivity index (χ1) is 8.17. The van der Waals surface area contributed by atoms with Crippen LogP contribution >= 0.6 is 11.6 Å². The Labute approximate surface area is 114 Å². The summed E-state index contributed by atoms with van der Waals surface area (Å²) in [6.45, 7) is 6.31. The largest absolute Gasteiger partial charge is 0.243 e. The summed E-state index contributed by atoms with van der Waals surface area (Å²) in [5.41, 5.74) is -0.0604. The van der Waals surface area contributed by atoms with E-state index >= 15 is 0 Å². The van der Waals surface area contributed by atoms with E-state index in [-0.39, 0.29) is 21.4 Å². The van der Waals surface area contributed by atoms with Crippen LogP contribution in [0.2, 0.25) is 30.8 Å². The lowest BCUT2D eigenvalue weighted by molar-refractivity contribution is 0.596. The highest BCUT2D eigenvalue weighted by Crippen LogP contribution is 2.23. The number of nitrogens with zero attached hydrogens (tertiary/aromatic N) is 2. The molecule has 0 fully saturated rings. The molecule has 1 heterocycles. The zero-order chi connectivity index (χ0) is 14.0. The topological polar surface area (TPSA) is 70.8 Å². The Hall–Kier alpha value is -0.903. The SMILES string of the molecule is C[Si](C)(C)CCS(=O)(=O)c1ccnc(Cl)c1C#N. The summed E-state index contributed by atoms with van der Waals surface area (Å²) in [5.74, 6) is 0.0533. The molecular weight excluding hydrogens is 288 g/mol. The first-order valence-electron chi connectivity index (χ1n) is 5.45. The van der Waals surface area contributed by atoms with Gasteiger partial charge in [0.05, 0.1) is 10.6 Å². The molecule has 0 aliphatic heterocycles. The van der Waals surface area contributed by atoms with Gasteiger partial charge in [-0.15, -0.1) is 0 Å². The van der Waals surface area contributed by atoms with E-state index in [2.05, 4.69) is 24.6 Å². The number of rotatable bonds is 4. The maximum Gasteiger partial charge on any atom is 0.179 e. The van der Waals surface area contributed by atoms with Gasteiger partial charge in [-0.25, -0.2) is 13.4 Å². The van der Waals surface area contributed by atoms with Crippen LogP contribution in [0, 0.1) is 11.3 Å². The predicted molar refractivity (Wildman–Crippen MR) is 74.2 cm³/mol. The van der Waals surface area contributed by atoms with Crippen molar-refractivity contribution >= 4 is 29.5 Å². The highest BCUT2D eigenvalue weighted by Gasteiger charge is 2.24. The number of sulfone groups is 1. The molecule has 98 valence electrons. The minimum Gasteiger partial charge on any atom is -0.243 e. The van der Waals surface area contributed by atoms with Crippen molar-refractivity contribution in [3.63, 3.8) is 0 Å². The van der Waals surface area contributed by atoms with Crippen LogP contribution in [0.3, 0.4) is 0 Å². The average Bonchev–Trinajstić information content (AvgIpc) is 2.25. The number of nitriles is 1. The first kappa shape index (κ1) is 15.2. The highest BCUT2D eigenvalue weighted by molar-refractivity contribution is 7.91. The van der Waals surface area contributed by atoms with Crippen LogP contribution in [-0.4, -0.2) is 27.2 Å². The van der Waals surface area contributed by atoms with Crippen LogP contribution in [0.15, 0.2) is 17.2 Å². The predicted octanol–water partition coefficient (Wildman–Crippen LogP) is 2.72. The third-order valence-electron chi connectivity index (χ3n) is 2.43. The molecule has 7 heteroatoms. The molecule has 1 rings (SSSR count). The number of hydrogen-bond donors (Lipinski definition) is 0. The quantitative estimate of drug-likeness (QED) is 0.633. The van der Waals surface area contributed by atoms with Crippen molar-refractivity contribution in [3.8, 4) is 6.07 Å². The van der Waals surface area contributed by atoms with Crippen LogP contribution in [-0.2, 0) is 9.84 Å². The molecule has 1 aromatic rings. The second kappa shape index (κ2) is 5.39. The van der Waals surface area contributed by atoms with Gasteiger partial charge in [0, 0.05) is 14.3 Å². The van der Waals surface area contributed by atoms with Gasteiger partial charge in [-0.05, 0) is 12.1 Å². The summed E-state index contributed by atoms with van der Waals surface area (Å²) in [6.07, 6.45) is 1.31. The van der Waals surface area contributed by atoms with Gasteiger partial charge < -0.3 is 0 Å². The summed E-state index contributed by atoms with van der Waals surface area (Å²) < 4.78 is 24.4. The number of hydrogen-bond acceptors (Lipinski definition) is 4. The molecule has 0 spiro atoms. The summed E-state index contributed by atoms with van der Waals surface area (Å²) >= 11 is 5.74. The van der Waals surface area contributed by atoms with Crippen LogP contribution < -0.4 is 0 Å². The molecule has 0 N–H and O–H groups in total. The Morgan fingerprint density at radius 2 is 2.06 bits per heavy atom. The number of pyridine rings is 1. The van der Waals surface area contributed by atoms with E-state index in [1.165, 1.54) is 12.3 Å². The molecule has 0 radical (unpaired) electrons. The fraction of sp³-hybridized carbons (Fsp3) is 0.455. The zero-order valence-electron chi connectivity index (χ0n) is 10.6. The Bertz CT molecular complexity index is 588. The Balaban J connectivity index is 3.15. The Morgan fingerprint density at radius 3 is 2.56 bits per heavy atom. The molecular formula is C11H15ClN2O2SSi. The molecule has 1 aromatic heterocycles. The second-order valence-corrected chi connectivity index (χ2v) is 13.3. The molecule has 0 saturated heterocycles. The molecule has 18 heavy (non-hydrogen) atoms. The van der Waals surface area contributed by atoms with Gasteiger partial charge in [0.25, 0.3) is 0 Å². The number of halogens is 1. The van der Waals surface area contributed by atoms with Crippen molar-refractivity contribution in [1.29, 1.82) is 5.26 Å². The maximum absolute atomic E-state index is 12.2. The fourth-order valence-corrected chi connectivity index (χ4v) is 6.05. The summed E-state index contributed by atoms with van der Waals surface area (Å²) in [5, 5.41) is 8.90. The summed E-state index contributed by atoms with van der Waals surface area (Å²) in [4.78, 5) is 3.71. The monoisotopic (exact) mass is 302 g/mol. The maximum atomic E-state index is 12.2. The molecule has 0 atom stereocenters. The molecule has 0 aromatic carbocycles. The van der Waals surface area contributed by atoms with E-state index in [1.807, 2.05) is 0 Å². The fourth-order valence-electron chi connectivity index (χ4n) is 1.33. The molecule has 0 bridgehead atoms. The Morgan fingerprint density at radius 1 is 1.44 bits per heavy atom. The smallest absolute Gasteiger partial charge is 0.179 e. The van der Waals surface area contributed by atoms with E-state index in [4.69, 9.17) is 16.9 Å². The second-order valence-electron chi connectivity index (χ2n) is 5.22. The van der Waals surface area contributed by atoms with E-state index in [0.29, 0.717) is 6.04 Å². The van der Waals surface area contributed by atoms with Crippen molar-refractivity contribution < 1.29 is 8.42 Å². The third kappa shape index (κ3) is 3.80. The van der Waals surface area contributed by atoms with Crippen molar-refractivity contribution in [2.45, 2.75) is 30.6 Å². The van der Waals surface area contributed by atoms with Crippen LogP contribution in [0.1, 0.15) is 5.56 Å². The van der Waals surface area contributed by atoms with Gasteiger partial charge in [0.1, 0.15) is 16.8 Å². The highest BCUT2D eigenvalue weighted by atomic mass is 35.5. The zero-order valence-corrected chi connectivity index (χ0v) is 13.1. The minimum atomic E-state index is -3.47. The van der Waals surface area contributed by atoms with E-state index in [0.717, 1.165) is 0 Å². The Kier molecular flexibility index (Phi) is 4.54. The molecule has 0 aliphatic rings. The average molecular weight is 303 g/mol. The third-order valence-corrected chi connectivity index (χ3v) is 6.58. The van der Waals surface area contributed by atoms with Gasteiger partial charge in [-0.1, -0.05) is 31.2 Å². The van der Waals surface area contributed by atoms with E-state index in [1.54, 1.807) is 6.07 Å². The van der Waals surface area contributed by atoms with E-state index in [9.17, 15) is 8.42 Å². The molecule has 0 unspecified atom stereocenters. The van der Waals surface area contributed by atoms with Gasteiger partial charge >= 0.3 is 0 Å². The summed E-state index contributed by atoms with van der Waals surface area (Å²) in [7, 11) is -4.92. The minimum absolute atomic E-state index is 0.0109. The van der Waals surface area contributed by atoms with Crippen molar-refractivity contribution in [2.75, 3.05) is 5.75 Å². The van der Waals surface area contributed by atoms with Crippen molar-refractivity contribution in [3.05, 3.63) is 23.0 Å². The van der Waals surface area contributed by atoms with Crippen LogP contribution in [0.5, 0.6) is 0 Å². The molecule has 0 aliphatic carbocycles. The lowest BCUT2D eigenvalue weighted by atomic mass is 10.3. The summed E-state index contributed by atoms with van der Waals surface area (Å²) in [6, 6.07) is 3.80. The first-order valence-corrected chi connectivity index (χ1v) is 11.2. The van der Waals surface area contributed by atoms with E-state index < -0.39 is 17.9 Å². The number of aromatic nitrogens is 1. The standard InChI is InChI=1S/C11H15ClN2O2SSi/c1-18(2,3)7-6-17(15,16)10-4-5-14-11(12)9(10)8-13/h4-5H,6-7H2,1-3H3. The van der Waals surface area contributed by atoms with Gasteiger partial charge in [0.2, 0.25) is 0 Å². The molecule has 4 nitrogen and oxygen atoms in total. The van der Waals surface area contributed by atoms with Crippen LogP contribution in [0.25, 0.3) is 0 Å². The van der Waals surface area contributed by atoms with Gasteiger partial charge in [-0.2, -0.15) is 5.26 Å². The van der Waals surface area contributed by atoms with Gasteiger partial charge in [0.15, 0.2) is 9.84 Å². The van der Waals surface area contributed by atoms with Gasteiger partial charge in [-0.3, -0.25) is 0 Å². The molecule has 0 saturated carbocycles. The van der Waals surface area contributed by atoms with Crippen LogP contribution in [0.4, 0.5) is 0 Å².